The molecule has 1 aromatic carbocycles. The fourth-order valence-electron chi connectivity index (χ4n) is 2.02. The second-order valence-corrected chi connectivity index (χ2v) is 7.12. The van der Waals surface area contributed by atoms with Crippen LogP contribution in [0.25, 0.3) is 23.0 Å². The molecule has 0 saturated heterocycles. The van der Waals surface area contributed by atoms with Crippen LogP contribution in [0, 0.1) is 0 Å². The zero-order valence-corrected chi connectivity index (χ0v) is 13.7. The lowest BCUT2D eigenvalue weighted by Crippen LogP contribution is -2.22. The molecule has 9 nitrogen and oxygen atoms in total. The highest BCUT2D eigenvalue weighted by Gasteiger charge is 2.24. The van der Waals surface area contributed by atoms with E-state index >= 15 is 0 Å². The van der Waals surface area contributed by atoms with Gasteiger partial charge in [-0.15, -0.1) is 0 Å². The Morgan fingerprint density at radius 1 is 1.12 bits per heavy atom. The summed E-state index contributed by atoms with van der Waals surface area (Å²) >= 11 is 0. The predicted molar refractivity (Wildman–Crippen MR) is 86.0 cm³/mol. The number of sulfonamides is 1. The quantitative estimate of drug-likeness (QED) is 0.741. The number of nitrogens with two attached hydrogens (primary N) is 1. The Morgan fingerprint density at radius 3 is 2.54 bits per heavy atom. The van der Waals surface area contributed by atoms with Crippen molar-refractivity contribution in [3.05, 3.63) is 36.7 Å². The third-order valence-corrected chi connectivity index (χ3v) is 5.11. The summed E-state index contributed by atoms with van der Waals surface area (Å²) in [6, 6.07) is 6.40. The van der Waals surface area contributed by atoms with E-state index in [4.69, 9.17) is 10.3 Å². The lowest BCUT2D eigenvalue weighted by atomic mass is 10.2. The Bertz CT molecular complexity index is 983. The summed E-state index contributed by atoms with van der Waals surface area (Å²) in [5.41, 5.74) is 6.30. The lowest BCUT2D eigenvalue weighted by molar-refractivity contribution is 0.431. The molecule has 0 aliphatic rings. The van der Waals surface area contributed by atoms with E-state index in [-0.39, 0.29) is 28.1 Å². The van der Waals surface area contributed by atoms with Gasteiger partial charge in [0.25, 0.3) is 5.89 Å². The fraction of sp³-hybridized carbons (Fsp3) is 0.143. The van der Waals surface area contributed by atoms with Crippen LogP contribution in [0.3, 0.4) is 0 Å². The normalized spacial score (nSPS) is 11.8. The molecule has 0 saturated carbocycles. The second-order valence-electron chi connectivity index (χ2n) is 5.00. The molecule has 0 fully saturated rings. The van der Waals surface area contributed by atoms with Crippen molar-refractivity contribution in [1.29, 1.82) is 0 Å². The molecule has 3 aromatic rings. The average Bonchev–Trinajstić information content (AvgIpc) is 3.05. The first-order valence-corrected chi connectivity index (χ1v) is 8.28. The topological polar surface area (TPSA) is 128 Å². The van der Waals surface area contributed by atoms with Crippen molar-refractivity contribution in [2.75, 3.05) is 19.8 Å². The molecule has 2 heterocycles. The zero-order valence-electron chi connectivity index (χ0n) is 12.9. The highest BCUT2D eigenvalue weighted by atomic mass is 32.2. The summed E-state index contributed by atoms with van der Waals surface area (Å²) in [6.07, 6.45) is 2.88. The minimum absolute atomic E-state index is 0.0626. The van der Waals surface area contributed by atoms with E-state index in [1.807, 2.05) is 0 Å². The van der Waals surface area contributed by atoms with Crippen LogP contribution in [-0.2, 0) is 10.0 Å². The van der Waals surface area contributed by atoms with E-state index < -0.39 is 10.0 Å². The van der Waals surface area contributed by atoms with Crippen LogP contribution in [0.5, 0.6) is 0 Å². The van der Waals surface area contributed by atoms with Gasteiger partial charge in [-0.1, -0.05) is 17.3 Å². The van der Waals surface area contributed by atoms with Gasteiger partial charge in [-0.3, -0.25) is 0 Å². The summed E-state index contributed by atoms with van der Waals surface area (Å²) < 4.78 is 31.2. The first kappa shape index (κ1) is 16.0. The molecule has 10 heteroatoms. The Hall–Kier alpha value is -2.85. The molecular weight excluding hydrogens is 332 g/mol. The minimum atomic E-state index is -3.66. The van der Waals surface area contributed by atoms with Gasteiger partial charge >= 0.3 is 0 Å². The first-order valence-electron chi connectivity index (χ1n) is 6.83. The maximum absolute atomic E-state index is 12.5. The maximum Gasteiger partial charge on any atom is 0.280 e. The Labute approximate surface area is 138 Å². The third-order valence-electron chi connectivity index (χ3n) is 3.24. The van der Waals surface area contributed by atoms with Gasteiger partial charge in [-0.25, -0.2) is 22.7 Å². The van der Waals surface area contributed by atoms with Gasteiger partial charge in [-0.2, -0.15) is 4.98 Å². The van der Waals surface area contributed by atoms with Crippen LogP contribution >= 0.6 is 0 Å². The van der Waals surface area contributed by atoms with Crippen LogP contribution in [0.2, 0.25) is 0 Å². The SMILES string of the molecule is CN(C)S(=O)(=O)c1ccccc1-c1noc(-c2nccnc2N)n1. The number of rotatable bonds is 4. The number of hydrogen-bond acceptors (Lipinski definition) is 8. The number of aromatic nitrogens is 4. The molecule has 2 N–H and O–H groups in total. The molecule has 0 spiro atoms. The third kappa shape index (κ3) is 2.72. The van der Waals surface area contributed by atoms with Gasteiger partial charge in [0, 0.05) is 32.1 Å². The van der Waals surface area contributed by atoms with Crippen LogP contribution in [-0.4, -0.2) is 46.9 Å². The van der Waals surface area contributed by atoms with E-state index in [9.17, 15) is 8.42 Å². The van der Waals surface area contributed by atoms with Crippen molar-refractivity contribution in [2.24, 2.45) is 0 Å². The van der Waals surface area contributed by atoms with Crippen molar-refractivity contribution in [3.8, 4) is 23.0 Å². The summed E-state index contributed by atoms with van der Waals surface area (Å²) in [5.74, 6) is 0.325. The summed E-state index contributed by atoms with van der Waals surface area (Å²) in [5, 5.41) is 3.85. The largest absolute Gasteiger partial charge is 0.382 e. The highest BCUT2D eigenvalue weighted by Crippen LogP contribution is 2.29. The monoisotopic (exact) mass is 346 g/mol. The Morgan fingerprint density at radius 2 is 1.83 bits per heavy atom. The van der Waals surface area contributed by atoms with Gasteiger partial charge in [-0.05, 0) is 12.1 Å². The molecule has 0 atom stereocenters. The van der Waals surface area contributed by atoms with E-state index in [0.29, 0.717) is 5.56 Å². The maximum atomic E-state index is 12.5. The van der Waals surface area contributed by atoms with Crippen LogP contribution in [0.4, 0.5) is 5.82 Å². The number of benzene rings is 1. The van der Waals surface area contributed by atoms with Gasteiger partial charge in [0.05, 0.1) is 4.90 Å². The van der Waals surface area contributed by atoms with Gasteiger partial charge in [0.2, 0.25) is 15.8 Å². The van der Waals surface area contributed by atoms with E-state index in [2.05, 4.69) is 20.1 Å². The molecule has 124 valence electrons. The van der Waals surface area contributed by atoms with Crippen molar-refractivity contribution in [1.82, 2.24) is 24.4 Å². The fourth-order valence-corrected chi connectivity index (χ4v) is 3.10. The molecular formula is C14H14N6O3S. The standard InChI is InChI=1S/C14H14N6O3S/c1-20(2)24(21,22)10-6-4-3-5-9(10)13-18-14(23-19-13)11-12(15)17-8-7-16-11/h3-8H,1-2H3,(H2,15,17). The molecule has 3 rings (SSSR count). The van der Waals surface area contributed by atoms with Gasteiger partial charge in [0.1, 0.15) is 0 Å². The van der Waals surface area contributed by atoms with Crippen molar-refractivity contribution < 1.29 is 12.9 Å². The zero-order chi connectivity index (χ0) is 17.3. The summed E-state index contributed by atoms with van der Waals surface area (Å²) in [6.45, 7) is 0. The smallest absolute Gasteiger partial charge is 0.280 e. The number of nitrogen functional groups attached to an aromatic ring is 1. The van der Waals surface area contributed by atoms with E-state index in [0.717, 1.165) is 4.31 Å². The average molecular weight is 346 g/mol. The van der Waals surface area contributed by atoms with E-state index in [1.165, 1.54) is 32.6 Å². The minimum Gasteiger partial charge on any atom is -0.382 e. The van der Waals surface area contributed by atoms with E-state index in [1.54, 1.807) is 18.2 Å². The molecule has 0 radical (unpaired) electrons. The molecule has 24 heavy (non-hydrogen) atoms. The van der Waals surface area contributed by atoms with Crippen molar-refractivity contribution in [3.63, 3.8) is 0 Å². The number of nitrogens with zero attached hydrogens (tertiary/aromatic N) is 5. The van der Waals surface area contributed by atoms with Crippen molar-refractivity contribution in [2.45, 2.75) is 4.90 Å². The molecule has 0 amide bonds. The number of hydrogen-bond donors (Lipinski definition) is 1. The molecule has 0 unspecified atom stereocenters. The first-order chi connectivity index (χ1) is 11.4. The van der Waals surface area contributed by atoms with Gasteiger partial charge < -0.3 is 10.3 Å². The van der Waals surface area contributed by atoms with Gasteiger partial charge in [0.15, 0.2) is 11.5 Å². The van der Waals surface area contributed by atoms with Crippen molar-refractivity contribution >= 4 is 15.8 Å². The van der Waals surface area contributed by atoms with Crippen LogP contribution < -0.4 is 5.73 Å². The predicted octanol–water partition coefficient (Wildman–Crippen LogP) is 1.03. The highest BCUT2D eigenvalue weighted by molar-refractivity contribution is 7.89. The number of anilines is 1. The lowest BCUT2D eigenvalue weighted by Gasteiger charge is -2.13. The Kier molecular flexibility index (Phi) is 3.99. The second kappa shape index (κ2) is 5.98. The molecule has 0 aliphatic carbocycles. The summed E-state index contributed by atoms with van der Waals surface area (Å²) in [4.78, 5) is 12.2. The summed E-state index contributed by atoms with van der Waals surface area (Å²) in [7, 11) is -0.755. The van der Waals surface area contributed by atoms with Crippen LogP contribution in [0.1, 0.15) is 0 Å². The Balaban J connectivity index is 2.11. The molecule has 2 aromatic heterocycles. The van der Waals surface area contributed by atoms with Crippen LogP contribution in [0.15, 0.2) is 46.1 Å². The molecule has 0 bridgehead atoms. The molecule has 0 aliphatic heterocycles.